The zero-order valence-corrected chi connectivity index (χ0v) is 10.6. The van der Waals surface area contributed by atoms with Gasteiger partial charge in [0.2, 0.25) is 0 Å². The highest BCUT2D eigenvalue weighted by Gasteiger charge is 2.29. The van der Waals surface area contributed by atoms with Crippen LogP contribution in [0.3, 0.4) is 0 Å². The topological polar surface area (TPSA) is 62.4 Å². The molecule has 17 heavy (non-hydrogen) atoms. The van der Waals surface area contributed by atoms with Crippen molar-refractivity contribution < 1.29 is 5.11 Å². The zero-order chi connectivity index (χ0) is 12.5. The summed E-state index contributed by atoms with van der Waals surface area (Å²) in [6.07, 6.45) is 3.64. The molecule has 0 aromatic carbocycles. The van der Waals surface area contributed by atoms with E-state index in [0.29, 0.717) is 6.54 Å². The minimum absolute atomic E-state index is 0.0158. The van der Waals surface area contributed by atoms with Crippen molar-refractivity contribution >= 4 is 5.82 Å². The summed E-state index contributed by atoms with van der Waals surface area (Å²) in [5, 5.41) is 10.1. The molecule has 0 bridgehead atoms. The maximum absolute atomic E-state index is 10.1. The number of anilines is 1. The Morgan fingerprint density at radius 1 is 1.59 bits per heavy atom. The van der Waals surface area contributed by atoms with Gasteiger partial charge in [-0.25, -0.2) is 4.98 Å². The van der Waals surface area contributed by atoms with Gasteiger partial charge in [-0.2, -0.15) is 0 Å². The van der Waals surface area contributed by atoms with E-state index in [4.69, 9.17) is 5.73 Å². The fourth-order valence-electron chi connectivity index (χ4n) is 2.31. The third-order valence-electron chi connectivity index (χ3n) is 3.29. The van der Waals surface area contributed by atoms with Crippen LogP contribution in [0.15, 0.2) is 18.3 Å². The average Bonchev–Trinajstić information content (AvgIpc) is 2.28. The van der Waals surface area contributed by atoms with E-state index in [1.165, 1.54) is 0 Å². The Kier molecular flexibility index (Phi) is 3.35. The van der Waals surface area contributed by atoms with Crippen molar-refractivity contribution in [2.75, 3.05) is 18.0 Å². The van der Waals surface area contributed by atoms with Gasteiger partial charge in [-0.3, -0.25) is 0 Å². The van der Waals surface area contributed by atoms with Crippen molar-refractivity contribution in [2.45, 2.75) is 38.3 Å². The summed E-state index contributed by atoms with van der Waals surface area (Å²) in [6.45, 7) is 5.44. The van der Waals surface area contributed by atoms with Gasteiger partial charge in [-0.05, 0) is 44.4 Å². The Hall–Kier alpha value is -1.13. The quantitative estimate of drug-likeness (QED) is 0.814. The average molecular weight is 235 g/mol. The van der Waals surface area contributed by atoms with Crippen molar-refractivity contribution in [1.29, 1.82) is 0 Å². The van der Waals surface area contributed by atoms with Crippen molar-refractivity contribution in [3.05, 3.63) is 23.9 Å². The summed E-state index contributed by atoms with van der Waals surface area (Å²) in [7, 11) is 0. The first-order chi connectivity index (χ1) is 7.98. The predicted octanol–water partition coefficient (Wildman–Crippen LogP) is 1.45. The predicted molar refractivity (Wildman–Crippen MR) is 68.9 cm³/mol. The lowest BCUT2D eigenvalue weighted by atomic mass is 9.95. The fraction of sp³-hybridized carbons (Fsp3) is 0.615. The number of nitrogens with two attached hydrogens (primary N) is 1. The Morgan fingerprint density at radius 3 is 3.00 bits per heavy atom. The molecule has 2 heterocycles. The van der Waals surface area contributed by atoms with Crippen molar-refractivity contribution in [3.8, 4) is 0 Å². The standard InChI is InChI=1S/C13H21N3O/c1-10(14)11-4-6-15-12(8-11)16-7-3-5-13(2,17)9-16/h4,6,8,10,17H,3,5,7,9,14H2,1-2H3. The molecule has 1 fully saturated rings. The van der Waals surface area contributed by atoms with Crippen molar-refractivity contribution in [1.82, 2.24) is 4.98 Å². The molecule has 2 atom stereocenters. The van der Waals surface area contributed by atoms with Crippen LogP contribution in [0.4, 0.5) is 5.82 Å². The first kappa shape index (κ1) is 12.3. The number of hydrogen-bond acceptors (Lipinski definition) is 4. The highest BCUT2D eigenvalue weighted by atomic mass is 16.3. The van der Waals surface area contributed by atoms with Crippen LogP contribution in [0, 0.1) is 0 Å². The van der Waals surface area contributed by atoms with E-state index >= 15 is 0 Å². The number of β-amino-alcohol motifs (C(OH)–C–C–N with tert-alkyl or cyclic N) is 1. The van der Waals surface area contributed by atoms with Gasteiger partial charge in [0, 0.05) is 25.3 Å². The summed E-state index contributed by atoms with van der Waals surface area (Å²) < 4.78 is 0. The highest BCUT2D eigenvalue weighted by molar-refractivity contribution is 5.42. The van der Waals surface area contributed by atoms with E-state index in [0.717, 1.165) is 30.8 Å². The van der Waals surface area contributed by atoms with Crippen LogP contribution in [-0.2, 0) is 0 Å². The molecule has 0 saturated carbocycles. The van der Waals surface area contributed by atoms with Crippen LogP contribution < -0.4 is 10.6 Å². The first-order valence-corrected chi connectivity index (χ1v) is 6.17. The Balaban J connectivity index is 2.19. The second kappa shape index (κ2) is 4.63. The molecule has 0 spiro atoms. The molecular weight excluding hydrogens is 214 g/mol. The molecule has 2 unspecified atom stereocenters. The van der Waals surface area contributed by atoms with E-state index < -0.39 is 5.60 Å². The summed E-state index contributed by atoms with van der Waals surface area (Å²) in [5.41, 5.74) is 6.35. The molecule has 0 radical (unpaired) electrons. The summed E-state index contributed by atoms with van der Waals surface area (Å²) in [5.74, 6) is 0.916. The van der Waals surface area contributed by atoms with Crippen molar-refractivity contribution in [2.24, 2.45) is 5.73 Å². The van der Waals surface area contributed by atoms with Crippen LogP contribution in [0.1, 0.15) is 38.3 Å². The molecular formula is C13H21N3O. The van der Waals surface area contributed by atoms with E-state index in [2.05, 4.69) is 9.88 Å². The molecule has 4 heteroatoms. The normalized spacial score (nSPS) is 26.9. The molecule has 1 aromatic heterocycles. The molecule has 1 aliphatic rings. The molecule has 2 rings (SSSR count). The number of rotatable bonds is 2. The SMILES string of the molecule is CC(N)c1ccnc(N2CCCC(C)(O)C2)c1. The Bertz CT molecular complexity index is 390. The lowest BCUT2D eigenvalue weighted by Crippen LogP contribution is -2.46. The smallest absolute Gasteiger partial charge is 0.128 e. The minimum atomic E-state index is -0.607. The van der Waals surface area contributed by atoms with Gasteiger partial charge < -0.3 is 15.7 Å². The van der Waals surface area contributed by atoms with E-state index in [-0.39, 0.29) is 6.04 Å². The largest absolute Gasteiger partial charge is 0.388 e. The van der Waals surface area contributed by atoms with Gasteiger partial charge in [0.05, 0.1) is 5.60 Å². The Labute approximate surface area is 102 Å². The zero-order valence-electron chi connectivity index (χ0n) is 10.6. The van der Waals surface area contributed by atoms with Gasteiger partial charge in [-0.1, -0.05) is 0 Å². The molecule has 3 N–H and O–H groups in total. The monoisotopic (exact) mass is 235 g/mol. The number of nitrogens with zero attached hydrogens (tertiary/aromatic N) is 2. The highest BCUT2D eigenvalue weighted by Crippen LogP contribution is 2.25. The minimum Gasteiger partial charge on any atom is -0.388 e. The lowest BCUT2D eigenvalue weighted by molar-refractivity contribution is 0.0447. The molecule has 4 nitrogen and oxygen atoms in total. The van der Waals surface area contributed by atoms with Crippen LogP contribution in [0.5, 0.6) is 0 Å². The van der Waals surface area contributed by atoms with Gasteiger partial charge >= 0.3 is 0 Å². The van der Waals surface area contributed by atoms with E-state index in [1.807, 2.05) is 26.0 Å². The number of aliphatic hydroxyl groups is 1. The molecule has 94 valence electrons. The summed E-state index contributed by atoms with van der Waals surface area (Å²) in [4.78, 5) is 6.50. The number of hydrogen-bond donors (Lipinski definition) is 2. The van der Waals surface area contributed by atoms with E-state index in [1.54, 1.807) is 6.20 Å². The summed E-state index contributed by atoms with van der Waals surface area (Å²) >= 11 is 0. The lowest BCUT2D eigenvalue weighted by Gasteiger charge is -2.37. The van der Waals surface area contributed by atoms with Gasteiger partial charge in [0.15, 0.2) is 0 Å². The molecule has 0 amide bonds. The molecule has 1 saturated heterocycles. The van der Waals surface area contributed by atoms with Crippen LogP contribution >= 0.6 is 0 Å². The number of aromatic nitrogens is 1. The maximum atomic E-state index is 10.1. The first-order valence-electron chi connectivity index (χ1n) is 6.17. The molecule has 0 aliphatic carbocycles. The van der Waals surface area contributed by atoms with Crippen LogP contribution in [0.2, 0.25) is 0 Å². The van der Waals surface area contributed by atoms with Crippen molar-refractivity contribution in [3.63, 3.8) is 0 Å². The second-order valence-corrected chi connectivity index (χ2v) is 5.26. The summed E-state index contributed by atoms with van der Waals surface area (Å²) in [6, 6.07) is 3.98. The second-order valence-electron chi connectivity index (χ2n) is 5.26. The third kappa shape index (κ3) is 2.96. The van der Waals surface area contributed by atoms with Gasteiger partial charge in [0.25, 0.3) is 0 Å². The Morgan fingerprint density at radius 2 is 2.35 bits per heavy atom. The van der Waals surface area contributed by atoms with Gasteiger partial charge in [-0.15, -0.1) is 0 Å². The number of pyridine rings is 1. The third-order valence-corrected chi connectivity index (χ3v) is 3.29. The fourth-order valence-corrected chi connectivity index (χ4v) is 2.31. The van der Waals surface area contributed by atoms with Crippen LogP contribution in [-0.4, -0.2) is 28.8 Å². The molecule has 1 aromatic rings. The number of piperidine rings is 1. The molecule has 1 aliphatic heterocycles. The van der Waals surface area contributed by atoms with Gasteiger partial charge in [0.1, 0.15) is 5.82 Å². The van der Waals surface area contributed by atoms with Crippen LogP contribution in [0.25, 0.3) is 0 Å². The maximum Gasteiger partial charge on any atom is 0.128 e. The van der Waals surface area contributed by atoms with E-state index in [9.17, 15) is 5.11 Å².